The first kappa shape index (κ1) is 14.7. The lowest BCUT2D eigenvalue weighted by Crippen LogP contribution is -2.31. The molecule has 0 aromatic carbocycles. The first-order valence-corrected chi connectivity index (χ1v) is 6.42. The molecule has 102 valence electrons. The fourth-order valence-corrected chi connectivity index (χ4v) is 1.88. The smallest absolute Gasteiger partial charge is 0.220 e. The molecule has 1 N–H and O–H groups in total. The van der Waals surface area contributed by atoms with Gasteiger partial charge in [-0.25, -0.2) is 0 Å². The van der Waals surface area contributed by atoms with Crippen molar-refractivity contribution in [1.29, 1.82) is 0 Å². The van der Waals surface area contributed by atoms with E-state index in [-0.39, 0.29) is 0 Å². The molecule has 0 bridgehead atoms. The van der Waals surface area contributed by atoms with E-state index in [1.54, 1.807) is 20.3 Å². The van der Waals surface area contributed by atoms with E-state index in [0.717, 1.165) is 31.6 Å². The second-order valence-corrected chi connectivity index (χ2v) is 4.12. The number of likely N-dealkylation sites (N-methyl/N-ethyl adjacent to an activating group) is 1. The third kappa shape index (κ3) is 4.49. The summed E-state index contributed by atoms with van der Waals surface area (Å²) in [5.41, 5.74) is 0. The fourth-order valence-electron chi connectivity index (χ4n) is 1.88. The Hall–Kier alpha value is -1.36. The predicted molar refractivity (Wildman–Crippen MR) is 71.2 cm³/mol. The Kier molecular flexibility index (Phi) is 6.43. The molecule has 0 radical (unpaired) electrons. The SMILES string of the molecule is CCCC(Cc1nc(OC)cc(OC)n1)NCC. The van der Waals surface area contributed by atoms with Crippen LogP contribution in [0.3, 0.4) is 0 Å². The van der Waals surface area contributed by atoms with Gasteiger partial charge in [-0.1, -0.05) is 20.3 Å². The van der Waals surface area contributed by atoms with Gasteiger partial charge < -0.3 is 14.8 Å². The molecular weight excluding hydrogens is 230 g/mol. The van der Waals surface area contributed by atoms with Crippen LogP contribution in [0.25, 0.3) is 0 Å². The van der Waals surface area contributed by atoms with Crippen LogP contribution >= 0.6 is 0 Å². The number of nitrogens with one attached hydrogen (secondary N) is 1. The van der Waals surface area contributed by atoms with E-state index in [1.165, 1.54) is 0 Å². The van der Waals surface area contributed by atoms with E-state index >= 15 is 0 Å². The van der Waals surface area contributed by atoms with Crippen LogP contribution in [0.4, 0.5) is 0 Å². The van der Waals surface area contributed by atoms with Gasteiger partial charge in [-0.3, -0.25) is 0 Å². The molecule has 1 aromatic rings. The van der Waals surface area contributed by atoms with Crippen LogP contribution < -0.4 is 14.8 Å². The number of hydrogen-bond acceptors (Lipinski definition) is 5. The van der Waals surface area contributed by atoms with Crippen molar-refractivity contribution in [3.05, 3.63) is 11.9 Å². The number of rotatable bonds is 8. The highest BCUT2D eigenvalue weighted by molar-refractivity contribution is 5.21. The van der Waals surface area contributed by atoms with Gasteiger partial charge in [0.05, 0.1) is 20.3 Å². The highest BCUT2D eigenvalue weighted by Crippen LogP contribution is 2.16. The van der Waals surface area contributed by atoms with Crippen molar-refractivity contribution in [2.24, 2.45) is 0 Å². The minimum Gasteiger partial charge on any atom is -0.481 e. The Labute approximate surface area is 109 Å². The van der Waals surface area contributed by atoms with Crippen LogP contribution in [0.5, 0.6) is 11.8 Å². The molecule has 0 fully saturated rings. The maximum Gasteiger partial charge on any atom is 0.220 e. The Morgan fingerprint density at radius 1 is 1.17 bits per heavy atom. The van der Waals surface area contributed by atoms with Crippen molar-refractivity contribution in [2.75, 3.05) is 20.8 Å². The second kappa shape index (κ2) is 7.87. The zero-order valence-electron chi connectivity index (χ0n) is 11.7. The lowest BCUT2D eigenvalue weighted by atomic mass is 10.1. The molecule has 0 saturated carbocycles. The highest BCUT2D eigenvalue weighted by Gasteiger charge is 2.12. The van der Waals surface area contributed by atoms with Crippen LogP contribution in [-0.4, -0.2) is 36.8 Å². The van der Waals surface area contributed by atoms with Crippen LogP contribution in [0.1, 0.15) is 32.5 Å². The average Bonchev–Trinajstić information content (AvgIpc) is 2.38. The summed E-state index contributed by atoms with van der Waals surface area (Å²) in [5.74, 6) is 1.85. The summed E-state index contributed by atoms with van der Waals surface area (Å²) in [5, 5.41) is 3.45. The monoisotopic (exact) mass is 253 g/mol. The van der Waals surface area contributed by atoms with Gasteiger partial charge in [0, 0.05) is 12.5 Å². The molecule has 5 heteroatoms. The molecule has 0 aliphatic rings. The van der Waals surface area contributed by atoms with Gasteiger partial charge in [0.25, 0.3) is 0 Å². The van der Waals surface area contributed by atoms with Gasteiger partial charge in [-0.15, -0.1) is 0 Å². The Balaban J connectivity index is 2.80. The summed E-state index contributed by atoms with van der Waals surface area (Å²) in [6.07, 6.45) is 3.03. The lowest BCUT2D eigenvalue weighted by molar-refractivity contribution is 0.365. The summed E-state index contributed by atoms with van der Waals surface area (Å²) < 4.78 is 10.3. The van der Waals surface area contributed by atoms with Crippen LogP contribution in [0.15, 0.2) is 6.07 Å². The van der Waals surface area contributed by atoms with E-state index < -0.39 is 0 Å². The lowest BCUT2D eigenvalue weighted by Gasteiger charge is -2.16. The molecular formula is C13H23N3O2. The Morgan fingerprint density at radius 2 is 1.78 bits per heavy atom. The number of methoxy groups -OCH3 is 2. The van der Waals surface area contributed by atoms with E-state index in [4.69, 9.17) is 9.47 Å². The molecule has 0 amide bonds. The molecule has 0 aliphatic carbocycles. The molecule has 1 atom stereocenters. The highest BCUT2D eigenvalue weighted by atomic mass is 16.5. The van der Waals surface area contributed by atoms with E-state index in [1.807, 2.05) is 0 Å². The van der Waals surface area contributed by atoms with Crippen molar-refractivity contribution < 1.29 is 9.47 Å². The molecule has 5 nitrogen and oxygen atoms in total. The largest absolute Gasteiger partial charge is 0.481 e. The van der Waals surface area contributed by atoms with Gasteiger partial charge in [-0.05, 0) is 13.0 Å². The van der Waals surface area contributed by atoms with Gasteiger partial charge in [0.1, 0.15) is 5.82 Å². The normalized spacial score (nSPS) is 12.2. The number of hydrogen-bond donors (Lipinski definition) is 1. The molecule has 1 rings (SSSR count). The first-order chi connectivity index (χ1) is 8.73. The van der Waals surface area contributed by atoms with Crippen LogP contribution in [0.2, 0.25) is 0 Å². The van der Waals surface area contributed by atoms with Gasteiger partial charge in [0.2, 0.25) is 11.8 Å². The predicted octanol–water partition coefficient (Wildman–Crippen LogP) is 1.81. The van der Waals surface area contributed by atoms with Crippen molar-refractivity contribution in [3.63, 3.8) is 0 Å². The number of aromatic nitrogens is 2. The second-order valence-electron chi connectivity index (χ2n) is 4.12. The topological polar surface area (TPSA) is 56.3 Å². The summed E-state index contributed by atoms with van der Waals surface area (Å²) in [6, 6.07) is 2.09. The molecule has 0 aliphatic heterocycles. The number of ether oxygens (including phenoxy) is 2. The third-order valence-corrected chi connectivity index (χ3v) is 2.70. The Morgan fingerprint density at radius 3 is 2.22 bits per heavy atom. The maximum absolute atomic E-state index is 5.15. The van der Waals surface area contributed by atoms with Crippen LogP contribution in [-0.2, 0) is 6.42 Å². The maximum atomic E-state index is 5.15. The summed E-state index contributed by atoms with van der Waals surface area (Å²) in [6.45, 7) is 5.23. The van der Waals surface area contributed by atoms with Gasteiger partial charge in [0.15, 0.2) is 0 Å². The Bertz CT molecular complexity index is 330. The van der Waals surface area contributed by atoms with Crippen molar-refractivity contribution in [3.8, 4) is 11.8 Å². The minimum absolute atomic E-state index is 0.400. The van der Waals surface area contributed by atoms with Crippen LogP contribution in [0, 0.1) is 0 Å². The van der Waals surface area contributed by atoms with Crippen molar-refractivity contribution >= 4 is 0 Å². The van der Waals surface area contributed by atoms with E-state index in [2.05, 4.69) is 29.1 Å². The van der Waals surface area contributed by atoms with Gasteiger partial charge in [-0.2, -0.15) is 9.97 Å². The van der Waals surface area contributed by atoms with Crippen molar-refractivity contribution in [1.82, 2.24) is 15.3 Å². The third-order valence-electron chi connectivity index (χ3n) is 2.70. The average molecular weight is 253 g/mol. The zero-order valence-corrected chi connectivity index (χ0v) is 11.7. The van der Waals surface area contributed by atoms with Crippen molar-refractivity contribution in [2.45, 2.75) is 39.2 Å². The minimum atomic E-state index is 0.400. The summed E-state index contributed by atoms with van der Waals surface area (Å²) >= 11 is 0. The quantitative estimate of drug-likeness (QED) is 0.765. The zero-order chi connectivity index (χ0) is 13.4. The summed E-state index contributed by atoms with van der Waals surface area (Å²) in [4.78, 5) is 8.70. The summed E-state index contributed by atoms with van der Waals surface area (Å²) in [7, 11) is 3.19. The standard InChI is InChI=1S/C13H23N3O2/c1-5-7-10(14-6-2)8-11-15-12(17-3)9-13(16-11)18-4/h9-10,14H,5-8H2,1-4H3. The first-order valence-electron chi connectivity index (χ1n) is 6.42. The van der Waals surface area contributed by atoms with E-state index in [9.17, 15) is 0 Å². The molecule has 1 aromatic heterocycles. The number of nitrogens with zero attached hydrogens (tertiary/aromatic N) is 2. The van der Waals surface area contributed by atoms with E-state index in [0.29, 0.717) is 17.8 Å². The fraction of sp³-hybridized carbons (Fsp3) is 0.692. The molecule has 0 spiro atoms. The molecule has 1 heterocycles. The molecule has 0 saturated heterocycles. The molecule has 1 unspecified atom stereocenters. The molecule has 18 heavy (non-hydrogen) atoms. The van der Waals surface area contributed by atoms with Gasteiger partial charge >= 0.3 is 0 Å².